The first-order chi connectivity index (χ1) is 8.11. The lowest BCUT2D eigenvalue weighted by Crippen LogP contribution is -2.34. The standard InChI is InChI=1S/C10H13N3O4/c1-4-2-13-9-7(6(15)5(3-14)16-9)17-10(13)12-8(4)11/h2,5-7,9,11,14-15H,3H2,1H3/t5-,6+,7+,9+/m0/s1. The molecule has 0 aromatic carbocycles. The lowest BCUT2D eigenvalue weighted by atomic mass is 10.1. The molecule has 1 aromatic rings. The van der Waals surface area contributed by atoms with Crippen LogP contribution in [0.4, 0.5) is 0 Å². The van der Waals surface area contributed by atoms with E-state index >= 15 is 0 Å². The second kappa shape index (κ2) is 3.52. The minimum Gasteiger partial charge on any atom is -0.454 e. The first-order valence-electron chi connectivity index (χ1n) is 5.37. The van der Waals surface area contributed by atoms with Crippen LogP contribution in [0.3, 0.4) is 0 Å². The number of aromatic nitrogens is 2. The molecule has 1 saturated heterocycles. The highest BCUT2D eigenvalue weighted by molar-refractivity contribution is 5.14. The molecule has 3 N–H and O–H groups in total. The smallest absolute Gasteiger partial charge is 0.301 e. The summed E-state index contributed by atoms with van der Waals surface area (Å²) in [5.74, 6) is 0. The molecule has 4 atom stereocenters. The van der Waals surface area contributed by atoms with E-state index in [1.807, 2.05) is 0 Å². The van der Waals surface area contributed by atoms with E-state index in [4.69, 9.17) is 20.0 Å². The molecule has 0 amide bonds. The predicted molar refractivity (Wildman–Crippen MR) is 54.2 cm³/mol. The van der Waals surface area contributed by atoms with Crippen LogP contribution in [0.25, 0.3) is 0 Å². The summed E-state index contributed by atoms with van der Waals surface area (Å²) in [5.41, 5.74) is 0.841. The molecular formula is C10H13N3O4. The molecule has 7 nitrogen and oxygen atoms in total. The lowest BCUT2D eigenvalue weighted by molar-refractivity contribution is -0.0435. The predicted octanol–water partition coefficient (Wildman–Crippen LogP) is -1.32. The summed E-state index contributed by atoms with van der Waals surface area (Å²) in [6, 6.07) is 0.269. The van der Waals surface area contributed by atoms with E-state index in [1.54, 1.807) is 17.7 Å². The van der Waals surface area contributed by atoms with Crippen LogP contribution in [0.15, 0.2) is 6.20 Å². The Balaban J connectivity index is 2.02. The molecule has 3 rings (SSSR count). The van der Waals surface area contributed by atoms with Gasteiger partial charge in [-0.05, 0) is 6.92 Å². The summed E-state index contributed by atoms with van der Waals surface area (Å²) in [5, 5.41) is 26.5. The number of aliphatic hydroxyl groups is 2. The third kappa shape index (κ3) is 1.40. The van der Waals surface area contributed by atoms with Crippen LogP contribution in [0.5, 0.6) is 6.01 Å². The van der Waals surface area contributed by atoms with Crippen molar-refractivity contribution in [3.63, 3.8) is 0 Å². The highest BCUT2D eigenvalue weighted by atomic mass is 16.6. The quantitative estimate of drug-likeness (QED) is 0.564. The van der Waals surface area contributed by atoms with E-state index in [0.29, 0.717) is 5.56 Å². The highest BCUT2D eigenvalue weighted by Crippen LogP contribution is 2.38. The number of nitrogens with zero attached hydrogens (tertiary/aromatic N) is 2. The van der Waals surface area contributed by atoms with E-state index in [-0.39, 0.29) is 18.1 Å². The highest BCUT2D eigenvalue weighted by Gasteiger charge is 2.50. The van der Waals surface area contributed by atoms with Gasteiger partial charge in [0, 0.05) is 11.8 Å². The van der Waals surface area contributed by atoms with E-state index in [9.17, 15) is 5.11 Å². The number of aryl methyl sites for hydroxylation is 1. The Hall–Kier alpha value is -1.44. The van der Waals surface area contributed by atoms with Crippen LogP contribution in [-0.4, -0.2) is 44.7 Å². The summed E-state index contributed by atoms with van der Waals surface area (Å²) in [7, 11) is 0. The first kappa shape index (κ1) is 10.7. The van der Waals surface area contributed by atoms with Crippen molar-refractivity contribution in [3.8, 4) is 6.01 Å². The fourth-order valence-electron chi connectivity index (χ4n) is 2.18. The van der Waals surface area contributed by atoms with Crippen molar-refractivity contribution < 1.29 is 19.7 Å². The van der Waals surface area contributed by atoms with Gasteiger partial charge in [0.05, 0.1) is 6.61 Å². The summed E-state index contributed by atoms with van der Waals surface area (Å²) in [6.07, 6.45) is -0.866. The molecule has 2 aliphatic heterocycles. The van der Waals surface area contributed by atoms with Crippen molar-refractivity contribution in [3.05, 3.63) is 17.2 Å². The van der Waals surface area contributed by atoms with Gasteiger partial charge >= 0.3 is 6.01 Å². The lowest BCUT2D eigenvalue weighted by Gasteiger charge is -2.14. The fraction of sp³-hybridized carbons (Fsp3) is 0.600. The third-order valence-electron chi connectivity index (χ3n) is 3.14. The first-order valence-corrected chi connectivity index (χ1v) is 5.37. The third-order valence-corrected chi connectivity index (χ3v) is 3.14. The van der Waals surface area contributed by atoms with Crippen LogP contribution in [0.1, 0.15) is 11.8 Å². The van der Waals surface area contributed by atoms with Gasteiger partial charge in [-0.1, -0.05) is 0 Å². The zero-order valence-corrected chi connectivity index (χ0v) is 9.20. The average molecular weight is 239 g/mol. The second-order valence-electron chi connectivity index (χ2n) is 4.28. The SMILES string of the molecule is Cc1cn2c(nc1=N)O[C@@H]1[C@H](O)[C@H](CO)O[C@H]12. The van der Waals surface area contributed by atoms with Crippen molar-refractivity contribution in [1.82, 2.24) is 9.55 Å². The topological polar surface area (TPSA) is 101 Å². The molecule has 0 radical (unpaired) electrons. The molecule has 0 saturated carbocycles. The minimum atomic E-state index is -0.888. The van der Waals surface area contributed by atoms with Gasteiger partial charge in [-0.25, -0.2) is 0 Å². The molecule has 1 fully saturated rings. The molecule has 17 heavy (non-hydrogen) atoms. The van der Waals surface area contributed by atoms with Crippen molar-refractivity contribution in [2.45, 2.75) is 31.5 Å². The van der Waals surface area contributed by atoms with Gasteiger partial charge < -0.3 is 19.7 Å². The number of rotatable bonds is 1. The van der Waals surface area contributed by atoms with Crippen molar-refractivity contribution in [2.75, 3.05) is 6.61 Å². The van der Waals surface area contributed by atoms with Crippen LogP contribution < -0.4 is 10.2 Å². The average Bonchev–Trinajstić information content (AvgIpc) is 2.78. The van der Waals surface area contributed by atoms with E-state index < -0.39 is 24.5 Å². The molecule has 0 spiro atoms. The Labute approximate surface area is 96.8 Å². The molecule has 0 bridgehead atoms. The number of nitrogens with one attached hydrogen (secondary N) is 1. The normalized spacial score (nSPS) is 34.3. The summed E-state index contributed by atoms with van der Waals surface area (Å²) in [6.45, 7) is 1.52. The molecule has 3 heterocycles. The molecule has 2 aliphatic rings. The monoisotopic (exact) mass is 239 g/mol. The maximum Gasteiger partial charge on any atom is 0.301 e. The van der Waals surface area contributed by atoms with E-state index in [0.717, 1.165) is 0 Å². The van der Waals surface area contributed by atoms with Crippen molar-refractivity contribution in [2.24, 2.45) is 0 Å². The van der Waals surface area contributed by atoms with Gasteiger partial charge in [-0.15, -0.1) is 0 Å². The van der Waals surface area contributed by atoms with Gasteiger partial charge in [0.25, 0.3) is 0 Å². The summed E-state index contributed by atoms with van der Waals surface area (Å²) in [4.78, 5) is 3.97. The number of aliphatic hydroxyl groups excluding tert-OH is 2. The van der Waals surface area contributed by atoms with Crippen LogP contribution >= 0.6 is 0 Å². The summed E-state index contributed by atoms with van der Waals surface area (Å²) >= 11 is 0. The zero-order valence-electron chi connectivity index (χ0n) is 9.20. The van der Waals surface area contributed by atoms with Crippen LogP contribution in [0, 0.1) is 12.3 Å². The van der Waals surface area contributed by atoms with Crippen LogP contribution in [-0.2, 0) is 4.74 Å². The van der Waals surface area contributed by atoms with Crippen molar-refractivity contribution in [1.29, 1.82) is 5.41 Å². The number of hydrogen-bond donors (Lipinski definition) is 3. The maximum atomic E-state index is 9.87. The molecule has 0 aliphatic carbocycles. The molecule has 92 valence electrons. The fourth-order valence-corrected chi connectivity index (χ4v) is 2.18. The Morgan fingerprint density at radius 2 is 2.35 bits per heavy atom. The second-order valence-corrected chi connectivity index (χ2v) is 4.28. The largest absolute Gasteiger partial charge is 0.454 e. The van der Waals surface area contributed by atoms with Crippen LogP contribution in [0.2, 0.25) is 0 Å². The maximum absolute atomic E-state index is 9.87. The van der Waals surface area contributed by atoms with Gasteiger partial charge in [0.1, 0.15) is 12.2 Å². The molecular weight excluding hydrogens is 226 g/mol. The van der Waals surface area contributed by atoms with Gasteiger partial charge in [-0.2, -0.15) is 4.98 Å². The molecule has 1 aromatic heterocycles. The van der Waals surface area contributed by atoms with Gasteiger partial charge in [0.2, 0.25) is 0 Å². The Bertz CT molecular complexity index is 515. The van der Waals surface area contributed by atoms with E-state index in [2.05, 4.69) is 4.98 Å². The Morgan fingerprint density at radius 3 is 3.06 bits per heavy atom. The van der Waals surface area contributed by atoms with Gasteiger partial charge in [-0.3, -0.25) is 9.98 Å². The minimum absolute atomic E-state index is 0.143. The molecule has 0 unspecified atom stereocenters. The summed E-state index contributed by atoms with van der Waals surface area (Å²) < 4.78 is 12.6. The zero-order chi connectivity index (χ0) is 12.2. The Morgan fingerprint density at radius 1 is 1.59 bits per heavy atom. The number of fused-ring (bicyclic) bond motifs is 3. The van der Waals surface area contributed by atoms with Crippen molar-refractivity contribution >= 4 is 0 Å². The molecule has 7 heteroatoms. The number of hydrogen-bond acceptors (Lipinski definition) is 6. The van der Waals surface area contributed by atoms with Gasteiger partial charge in [0.15, 0.2) is 17.8 Å². The van der Waals surface area contributed by atoms with E-state index in [1.165, 1.54) is 0 Å². The Kier molecular flexibility index (Phi) is 2.22. The number of ether oxygens (including phenoxy) is 2.